The molecule has 7 heteroatoms. The van der Waals surface area contributed by atoms with E-state index < -0.39 is 0 Å². The Morgan fingerprint density at radius 2 is 1.64 bits per heavy atom. The summed E-state index contributed by atoms with van der Waals surface area (Å²) in [6.45, 7) is 10.3. The Labute approximate surface area is 165 Å². The molecule has 0 spiro atoms. The maximum Gasteiger partial charge on any atom is 0.229 e. The highest BCUT2D eigenvalue weighted by Crippen LogP contribution is 2.27. The van der Waals surface area contributed by atoms with Gasteiger partial charge < -0.3 is 15.5 Å². The van der Waals surface area contributed by atoms with Gasteiger partial charge in [-0.3, -0.25) is 9.59 Å². The number of benzene rings is 1. The van der Waals surface area contributed by atoms with Crippen LogP contribution in [0.5, 0.6) is 0 Å². The van der Waals surface area contributed by atoms with Gasteiger partial charge in [0.2, 0.25) is 17.8 Å². The zero-order valence-corrected chi connectivity index (χ0v) is 17.0. The van der Waals surface area contributed by atoms with Gasteiger partial charge in [0, 0.05) is 41.3 Å². The summed E-state index contributed by atoms with van der Waals surface area (Å²) in [4.78, 5) is 35.2. The van der Waals surface area contributed by atoms with Crippen molar-refractivity contribution < 1.29 is 9.59 Å². The molecule has 7 nitrogen and oxygen atoms in total. The van der Waals surface area contributed by atoms with E-state index in [2.05, 4.69) is 20.6 Å². The predicted molar refractivity (Wildman–Crippen MR) is 109 cm³/mol. The summed E-state index contributed by atoms with van der Waals surface area (Å²) in [6, 6.07) is 9.27. The Bertz CT molecular complexity index is 866. The molecule has 1 fully saturated rings. The molecule has 2 aromatic rings. The molecule has 1 atom stereocenters. The van der Waals surface area contributed by atoms with Gasteiger partial charge >= 0.3 is 0 Å². The van der Waals surface area contributed by atoms with Crippen LogP contribution >= 0.6 is 0 Å². The molecule has 0 radical (unpaired) electrons. The molecule has 2 heterocycles. The fourth-order valence-corrected chi connectivity index (χ4v) is 3.32. The minimum atomic E-state index is -0.326. The van der Waals surface area contributed by atoms with Crippen molar-refractivity contribution in [2.45, 2.75) is 46.6 Å². The molecule has 2 amide bonds. The lowest BCUT2D eigenvalue weighted by atomic mass is 10.1. The van der Waals surface area contributed by atoms with Crippen molar-refractivity contribution >= 4 is 29.1 Å². The molecular weight excluding hydrogens is 354 g/mol. The number of rotatable bonds is 4. The Kier molecular flexibility index (Phi) is 5.36. The number of nitrogens with one attached hydrogen (secondary N) is 2. The number of carbonyl (C=O) groups excluding carboxylic acids is 2. The molecule has 1 aromatic carbocycles. The minimum Gasteiger partial charge on any atom is -0.337 e. The van der Waals surface area contributed by atoms with E-state index in [0.717, 1.165) is 17.1 Å². The van der Waals surface area contributed by atoms with E-state index >= 15 is 0 Å². The van der Waals surface area contributed by atoms with Gasteiger partial charge in [-0.1, -0.05) is 0 Å². The first-order valence-corrected chi connectivity index (χ1v) is 9.42. The summed E-state index contributed by atoms with van der Waals surface area (Å²) in [5, 5.41) is 6.07. The van der Waals surface area contributed by atoms with Gasteiger partial charge in [0.05, 0.1) is 5.92 Å². The van der Waals surface area contributed by atoms with Crippen LogP contribution in [0.15, 0.2) is 30.3 Å². The maximum absolute atomic E-state index is 12.6. The van der Waals surface area contributed by atoms with Gasteiger partial charge in [-0.05, 0) is 65.0 Å². The number of likely N-dealkylation sites (tertiary alicyclic amines) is 1. The van der Waals surface area contributed by atoms with E-state index in [0.29, 0.717) is 18.2 Å². The van der Waals surface area contributed by atoms with Gasteiger partial charge in [0.25, 0.3) is 0 Å². The van der Waals surface area contributed by atoms with Crippen LogP contribution in [0.2, 0.25) is 0 Å². The molecular formula is C21H27N5O2. The van der Waals surface area contributed by atoms with E-state index in [-0.39, 0.29) is 29.7 Å². The summed E-state index contributed by atoms with van der Waals surface area (Å²) in [5.41, 5.74) is 3.05. The van der Waals surface area contributed by atoms with Crippen LogP contribution in [-0.4, -0.2) is 38.8 Å². The first-order chi connectivity index (χ1) is 13.1. The van der Waals surface area contributed by atoms with Crippen molar-refractivity contribution in [3.05, 3.63) is 41.7 Å². The first-order valence-electron chi connectivity index (χ1n) is 9.42. The lowest BCUT2D eigenvalue weighted by Gasteiger charge is -2.31. The van der Waals surface area contributed by atoms with Crippen molar-refractivity contribution in [2.24, 2.45) is 5.92 Å². The standard InChI is InChI=1S/C21H27N5O2/c1-13-10-14(2)23-20(22-13)25-17-8-6-16(7-9-17)24-19(28)15-11-18(27)26(12-15)21(3,4)5/h6-10,15H,11-12H2,1-5H3,(H,24,28)(H,22,23,25). The van der Waals surface area contributed by atoms with Crippen molar-refractivity contribution in [2.75, 3.05) is 17.2 Å². The topological polar surface area (TPSA) is 87.2 Å². The van der Waals surface area contributed by atoms with Gasteiger partial charge in [-0.15, -0.1) is 0 Å². The quantitative estimate of drug-likeness (QED) is 0.847. The second kappa shape index (κ2) is 7.58. The van der Waals surface area contributed by atoms with Gasteiger partial charge in [-0.25, -0.2) is 9.97 Å². The second-order valence-corrected chi connectivity index (χ2v) is 8.24. The van der Waals surface area contributed by atoms with Crippen LogP contribution in [0.25, 0.3) is 0 Å². The Morgan fingerprint density at radius 3 is 2.18 bits per heavy atom. The van der Waals surface area contributed by atoms with E-state index in [9.17, 15) is 9.59 Å². The Hall–Kier alpha value is -2.96. The number of hydrogen-bond acceptors (Lipinski definition) is 5. The smallest absolute Gasteiger partial charge is 0.229 e. The predicted octanol–water partition coefficient (Wildman–Crippen LogP) is 3.42. The van der Waals surface area contributed by atoms with Crippen LogP contribution in [0.1, 0.15) is 38.6 Å². The summed E-state index contributed by atoms with van der Waals surface area (Å²) in [5.74, 6) is 0.119. The molecule has 1 saturated heterocycles. The van der Waals surface area contributed by atoms with Crippen LogP contribution in [0.4, 0.5) is 17.3 Å². The Morgan fingerprint density at radius 1 is 1.07 bits per heavy atom. The molecule has 1 aliphatic heterocycles. The fraction of sp³-hybridized carbons (Fsp3) is 0.429. The number of anilines is 3. The molecule has 0 saturated carbocycles. The average Bonchev–Trinajstić information content (AvgIpc) is 2.98. The van der Waals surface area contributed by atoms with Crippen LogP contribution in [0.3, 0.4) is 0 Å². The van der Waals surface area contributed by atoms with Crippen molar-refractivity contribution in [1.82, 2.24) is 14.9 Å². The maximum atomic E-state index is 12.6. The van der Waals surface area contributed by atoms with Crippen LogP contribution in [-0.2, 0) is 9.59 Å². The van der Waals surface area contributed by atoms with Crippen molar-refractivity contribution in [3.63, 3.8) is 0 Å². The lowest BCUT2D eigenvalue weighted by molar-refractivity contribution is -0.131. The van der Waals surface area contributed by atoms with E-state index in [1.807, 2.05) is 65.0 Å². The minimum absolute atomic E-state index is 0.0284. The number of nitrogens with zero attached hydrogens (tertiary/aromatic N) is 3. The molecule has 148 valence electrons. The molecule has 28 heavy (non-hydrogen) atoms. The van der Waals surface area contributed by atoms with Gasteiger partial charge in [0.15, 0.2) is 0 Å². The average molecular weight is 381 g/mol. The zero-order chi connectivity index (χ0) is 20.5. The normalized spacial score (nSPS) is 17.0. The number of carbonyl (C=O) groups is 2. The van der Waals surface area contributed by atoms with Gasteiger partial charge in [-0.2, -0.15) is 0 Å². The number of aromatic nitrogens is 2. The molecule has 3 rings (SSSR count). The molecule has 1 aromatic heterocycles. The number of aryl methyl sites for hydroxylation is 2. The van der Waals surface area contributed by atoms with Crippen molar-refractivity contribution in [3.8, 4) is 0 Å². The fourth-order valence-electron chi connectivity index (χ4n) is 3.32. The molecule has 1 unspecified atom stereocenters. The molecule has 0 bridgehead atoms. The van der Waals surface area contributed by atoms with E-state index in [1.165, 1.54) is 0 Å². The van der Waals surface area contributed by atoms with Crippen molar-refractivity contribution in [1.29, 1.82) is 0 Å². The molecule has 1 aliphatic rings. The van der Waals surface area contributed by atoms with Gasteiger partial charge in [0.1, 0.15) is 0 Å². The molecule has 2 N–H and O–H groups in total. The van der Waals surface area contributed by atoms with Crippen LogP contribution in [0, 0.1) is 19.8 Å². The number of amides is 2. The summed E-state index contributed by atoms with van der Waals surface area (Å²) < 4.78 is 0. The van der Waals surface area contributed by atoms with Crippen LogP contribution < -0.4 is 10.6 Å². The largest absolute Gasteiger partial charge is 0.337 e. The monoisotopic (exact) mass is 381 g/mol. The lowest BCUT2D eigenvalue weighted by Crippen LogP contribution is -2.42. The highest BCUT2D eigenvalue weighted by molar-refractivity contribution is 5.97. The summed E-state index contributed by atoms with van der Waals surface area (Å²) in [6.07, 6.45) is 0.257. The summed E-state index contributed by atoms with van der Waals surface area (Å²) in [7, 11) is 0. The third kappa shape index (κ3) is 4.65. The highest BCUT2D eigenvalue weighted by Gasteiger charge is 2.39. The van der Waals surface area contributed by atoms with E-state index in [4.69, 9.17) is 0 Å². The molecule has 0 aliphatic carbocycles. The highest BCUT2D eigenvalue weighted by atomic mass is 16.2. The van der Waals surface area contributed by atoms with E-state index in [1.54, 1.807) is 4.90 Å². The third-order valence-corrected chi connectivity index (χ3v) is 4.70. The first kappa shape index (κ1) is 19.8. The zero-order valence-electron chi connectivity index (χ0n) is 17.0. The number of hydrogen-bond donors (Lipinski definition) is 2. The Balaban J connectivity index is 1.61. The summed E-state index contributed by atoms with van der Waals surface area (Å²) >= 11 is 0. The second-order valence-electron chi connectivity index (χ2n) is 8.24. The third-order valence-electron chi connectivity index (χ3n) is 4.70. The SMILES string of the molecule is Cc1cc(C)nc(Nc2ccc(NC(=O)C3CC(=O)N(C(C)(C)C)C3)cc2)n1.